The highest BCUT2D eigenvalue weighted by molar-refractivity contribution is 6.07. The predicted molar refractivity (Wildman–Crippen MR) is 120 cm³/mol. The maximum absolute atomic E-state index is 15.2. The van der Waals surface area contributed by atoms with Gasteiger partial charge in [-0.15, -0.1) is 0 Å². The summed E-state index contributed by atoms with van der Waals surface area (Å²) in [5.41, 5.74) is 0.479. The van der Waals surface area contributed by atoms with E-state index in [9.17, 15) is 4.79 Å². The van der Waals surface area contributed by atoms with Crippen LogP contribution in [0.5, 0.6) is 0 Å². The third kappa shape index (κ3) is 3.29. The number of imidazole rings is 1. The summed E-state index contributed by atoms with van der Waals surface area (Å²) in [5, 5.41) is 4.37. The Morgan fingerprint density at radius 2 is 1.64 bits per heavy atom. The number of nitrogens with zero attached hydrogens (tertiary/aromatic N) is 5. The Balaban J connectivity index is 1.59. The lowest BCUT2D eigenvalue weighted by atomic mass is 10.0. The molecule has 0 unspecified atom stereocenters. The van der Waals surface area contributed by atoms with Crippen LogP contribution in [-0.2, 0) is 17.4 Å². The summed E-state index contributed by atoms with van der Waals surface area (Å²) in [6.07, 6.45) is 3.32. The molecule has 5 rings (SSSR count). The van der Waals surface area contributed by atoms with Crippen molar-refractivity contribution in [3.63, 3.8) is 0 Å². The number of aromatic nitrogens is 4. The van der Waals surface area contributed by atoms with Crippen LogP contribution in [0.4, 0.5) is 20.4 Å². The van der Waals surface area contributed by atoms with Gasteiger partial charge in [0.2, 0.25) is 5.95 Å². The van der Waals surface area contributed by atoms with Gasteiger partial charge in [-0.1, -0.05) is 30.0 Å². The highest BCUT2D eigenvalue weighted by Gasteiger charge is 2.48. The van der Waals surface area contributed by atoms with Gasteiger partial charge in [-0.3, -0.25) is 14.0 Å². The van der Waals surface area contributed by atoms with Crippen LogP contribution in [0.1, 0.15) is 25.0 Å². The second kappa shape index (κ2) is 7.41. The fraction of sp³-hybridized carbons (Fsp3) is 0.160. The van der Waals surface area contributed by atoms with Crippen molar-refractivity contribution in [2.75, 3.05) is 4.90 Å². The molecule has 0 aliphatic carbocycles. The zero-order valence-electron chi connectivity index (χ0n) is 18.2. The Labute approximate surface area is 189 Å². The van der Waals surface area contributed by atoms with Gasteiger partial charge >= 0.3 is 0 Å². The lowest BCUT2D eigenvalue weighted by Crippen LogP contribution is -2.37. The molecule has 1 aliphatic rings. The number of carbonyl (C=O) groups is 1. The number of anilines is 2. The molecule has 0 N–H and O–H groups in total. The van der Waals surface area contributed by atoms with E-state index in [0.717, 1.165) is 22.6 Å². The van der Waals surface area contributed by atoms with E-state index >= 15 is 8.78 Å². The van der Waals surface area contributed by atoms with Gasteiger partial charge in [-0.05, 0) is 44.2 Å². The molecule has 2 aromatic carbocycles. The second-order valence-corrected chi connectivity index (χ2v) is 8.26. The van der Waals surface area contributed by atoms with Crippen LogP contribution in [0.3, 0.4) is 0 Å². The van der Waals surface area contributed by atoms with Crippen molar-refractivity contribution in [2.45, 2.75) is 19.4 Å². The summed E-state index contributed by atoms with van der Waals surface area (Å²) >= 11 is 0. The molecule has 3 heterocycles. The summed E-state index contributed by atoms with van der Waals surface area (Å²) in [6.45, 7) is 3.37. The summed E-state index contributed by atoms with van der Waals surface area (Å²) < 4.78 is 33.7. The summed E-state index contributed by atoms with van der Waals surface area (Å²) in [7, 11) is 1.78. The quantitative estimate of drug-likeness (QED) is 0.432. The Bertz CT molecular complexity index is 1430. The number of benzene rings is 2. The van der Waals surface area contributed by atoms with E-state index in [1.807, 2.05) is 18.2 Å². The fourth-order valence-electron chi connectivity index (χ4n) is 3.96. The maximum atomic E-state index is 15.2. The van der Waals surface area contributed by atoms with Crippen LogP contribution in [0.2, 0.25) is 0 Å². The number of carbonyl (C=O) groups excluding carboxylic acids is 1. The normalized spacial score (nSPS) is 14.2. The van der Waals surface area contributed by atoms with Crippen LogP contribution in [-0.4, -0.2) is 25.2 Å². The van der Waals surface area contributed by atoms with E-state index in [1.165, 1.54) is 0 Å². The van der Waals surface area contributed by atoms with Gasteiger partial charge in [-0.2, -0.15) is 5.10 Å². The Morgan fingerprint density at radius 3 is 2.27 bits per heavy atom. The molecule has 6 nitrogen and oxygen atoms in total. The van der Waals surface area contributed by atoms with Gasteiger partial charge in [0.05, 0.1) is 11.9 Å². The smallest absolute Gasteiger partial charge is 0.259 e. The van der Waals surface area contributed by atoms with Crippen LogP contribution in [0.25, 0.3) is 11.4 Å². The molecule has 1 amide bonds. The number of hydrogen-bond donors (Lipinski definition) is 0. The highest BCUT2D eigenvalue weighted by atomic mass is 19.1. The number of amides is 1. The zero-order valence-corrected chi connectivity index (χ0v) is 18.2. The number of halogens is 2. The molecule has 2 aromatic heterocycles. The molecule has 4 aromatic rings. The molecular formula is C25H19F2N5O. The average Bonchev–Trinajstić information content (AvgIpc) is 3.45. The average molecular weight is 443 g/mol. The Kier molecular flexibility index (Phi) is 4.64. The van der Waals surface area contributed by atoms with E-state index in [2.05, 4.69) is 21.9 Å². The third-order valence-corrected chi connectivity index (χ3v) is 5.57. The minimum Gasteiger partial charge on any atom is -0.293 e. The van der Waals surface area contributed by atoms with Crippen molar-refractivity contribution in [3.05, 3.63) is 83.7 Å². The number of aryl methyl sites for hydroxylation is 1. The number of hydrogen-bond acceptors (Lipinski definition) is 3. The van der Waals surface area contributed by atoms with Crippen molar-refractivity contribution in [3.8, 4) is 23.2 Å². The highest BCUT2D eigenvalue weighted by Crippen LogP contribution is 2.44. The molecule has 164 valence electrons. The van der Waals surface area contributed by atoms with Crippen LogP contribution in [0.15, 0.2) is 60.9 Å². The van der Waals surface area contributed by atoms with Crippen molar-refractivity contribution in [1.82, 2.24) is 19.3 Å². The molecule has 0 spiro atoms. The molecule has 1 aliphatic heterocycles. The fourth-order valence-corrected chi connectivity index (χ4v) is 3.96. The first-order valence-corrected chi connectivity index (χ1v) is 10.3. The lowest BCUT2D eigenvalue weighted by Gasteiger charge is -2.21. The van der Waals surface area contributed by atoms with Crippen LogP contribution in [0, 0.1) is 23.5 Å². The van der Waals surface area contributed by atoms with Crippen molar-refractivity contribution >= 4 is 17.5 Å². The minimum absolute atomic E-state index is 0.131. The SMILES string of the molecule is Cn1ccc(-c2cnc3n2C(C)(C)C(=O)N3c2c(F)cc(C#Cc3ccccc3)cc2F)n1. The molecule has 0 fully saturated rings. The Hall–Kier alpha value is -4.25. The van der Waals surface area contributed by atoms with Crippen molar-refractivity contribution in [1.29, 1.82) is 0 Å². The first-order chi connectivity index (χ1) is 15.8. The van der Waals surface area contributed by atoms with Crippen molar-refractivity contribution in [2.24, 2.45) is 7.05 Å². The molecule has 0 saturated carbocycles. The zero-order chi connectivity index (χ0) is 23.3. The van der Waals surface area contributed by atoms with Gasteiger partial charge in [0.15, 0.2) is 11.6 Å². The molecule has 0 atom stereocenters. The van der Waals surface area contributed by atoms with Gasteiger partial charge in [0.1, 0.15) is 16.9 Å². The van der Waals surface area contributed by atoms with E-state index in [1.54, 1.807) is 60.7 Å². The van der Waals surface area contributed by atoms with E-state index < -0.39 is 28.8 Å². The van der Waals surface area contributed by atoms with Crippen molar-refractivity contribution < 1.29 is 13.6 Å². The van der Waals surface area contributed by atoms with Gasteiger partial charge in [-0.25, -0.2) is 18.7 Å². The predicted octanol–water partition coefficient (Wildman–Crippen LogP) is 4.38. The second-order valence-electron chi connectivity index (χ2n) is 8.26. The summed E-state index contributed by atoms with van der Waals surface area (Å²) in [6, 6.07) is 13.2. The molecule has 0 bridgehead atoms. The molecule has 33 heavy (non-hydrogen) atoms. The number of fused-ring (bicyclic) bond motifs is 1. The van der Waals surface area contributed by atoms with Gasteiger partial charge in [0, 0.05) is 24.4 Å². The minimum atomic E-state index is -1.12. The largest absolute Gasteiger partial charge is 0.293 e. The topological polar surface area (TPSA) is 56.0 Å². The van der Waals surface area contributed by atoms with E-state index in [0.29, 0.717) is 11.4 Å². The van der Waals surface area contributed by atoms with Gasteiger partial charge in [0.25, 0.3) is 5.91 Å². The molecule has 0 saturated heterocycles. The molecule has 8 heteroatoms. The maximum Gasteiger partial charge on any atom is 0.259 e. The first-order valence-electron chi connectivity index (χ1n) is 10.3. The van der Waals surface area contributed by atoms with E-state index in [4.69, 9.17) is 0 Å². The van der Waals surface area contributed by atoms with Gasteiger partial charge < -0.3 is 0 Å². The van der Waals surface area contributed by atoms with E-state index in [-0.39, 0.29) is 11.5 Å². The summed E-state index contributed by atoms with van der Waals surface area (Å²) in [5.74, 6) is 3.49. The number of rotatable bonds is 2. The lowest BCUT2D eigenvalue weighted by molar-refractivity contribution is -0.123. The molecule has 0 radical (unpaired) electrons. The Morgan fingerprint density at radius 1 is 0.970 bits per heavy atom. The monoisotopic (exact) mass is 443 g/mol. The molecular weight excluding hydrogens is 424 g/mol. The standard InChI is InChI=1S/C25H19F2N5O/c1-25(2)23(33)31(24-28-15-21(32(24)25)20-11-12-30(3)29-20)22-18(26)13-17(14-19(22)27)10-9-16-7-5-4-6-8-16/h4-8,11-15H,1-3H3. The first kappa shape index (κ1) is 20.6. The summed E-state index contributed by atoms with van der Waals surface area (Å²) in [4.78, 5) is 18.6. The van der Waals surface area contributed by atoms with Crippen LogP contribution < -0.4 is 4.90 Å². The third-order valence-electron chi connectivity index (χ3n) is 5.57. The van der Waals surface area contributed by atoms with Crippen LogP contribution >= 0.6 is 0 Å².